The van der Waals surface area contributed by atoms with Crippen molar-refractivity contribution in [3.8, 4) is 22.8 Å². The first-order chi connectivity index (χ1) is 15.0. The first kappa shape index (κ1) is 22.0. The second-order valence-electron chi connectivity index (χ2n) is 7.26. The summed E-state index contributed by atoms with van der Waals surface area (Å²) in [5.74, 6) is 1.32. The molecule has 0 spiro atoms. The molecule has 1 unspecified atom stereocenters. The highest BCUT2D eigenvalue weighted by Gasteiger charge is 2.27. The third kappa shape index (κ3) is 4.68. The van der Waals surface area contributed by atoms with E-state index in [9.17, 15) is 4.79 Å². The molecule has 2 heterocycles. The van der Waals surface area contributed by atoms with E-state index in [0.29, 0.717) is 32.5 Å². The van der Waals surface area contributed by atoms with Crippen molar-refractivity contribution in [2.75, 3.05) is 20.2 Å². The van der Waals surface area contributed by atoms with Gasteiger partial charge in [0.05, 0.1) is 18.0 Å². The summed E-state index contributed by atoms with van der Waals surface area (Å²) in [5, 5.41) is 10.3. The highest BCUT2D eigenvalue weighted by Crippen LogP contribution is 2.36. The van der Waals surface area contributed by atoms with Crippen LogP contribution in [0.3, 0.4) is 0 Å². The van der Waals surface area contributed by atoms with E-state index in [1.54, 1.807) is 31.4 Å². The van der Waals surface area contributed by atoms with Gasteiger partial charge in [-0.2, -0.15) is 0 Å². The Kier molecular flexibility index (Phi) is 6.74. The van der Waals surface area contributed by atoms with E-state index < -0.39 is 0 Å². The van der Waals surface area contributed by atoms with Gasteiger partial charge in [-0.15, -0.1) is 10.2 Å². The standard InChI is InChI=1S/C22H22Cl2N4O2S/c1-14(21(29)27-10-3-4-11-27)31-22-26-25-20(15-6-5-7-16(23)12-15)28(22)18-13-17(24)8-9-19(18)30-2/h5-9,12-14H,3-4,10-11H2,1-2H3. The molecular formula is C22H22Cl2N4O2S. The Morgan fingerprint density at radius 2 is 1.84 bits per heavy atom. The Balaban J connectivity index is 1.79. The maximum Gasteiger partial charge on any atom is 0.235 e. The van der Waals surface area contributed by atoms with E-state index in [2.05, 4.69) is 10.2 Å². The van der Waals surface area contributed by atoms with E-state index >= 15 is 0 Å². The summed E-state index contributed by atoms with van der Waals surface area (Å²) in [5.41, 5.74) is 1.49. The van der Waals surface area contributed by atoms with Gasteiger partial charge in [0.15, 0.2) is 11.0 Å². The lowest BCUT2D eigenvalue weighted by Crippen LogP contribution is -2.34. The lowest BCUT2D eigenvalue weighted by molar-refractivity contribution is -0.129. The van der Waals surface area contributed by atoms with Crippen LogP contribution in [0.15, 0.2) is 47.6 Å². The molecule has 1 aliphatic rings. The number of hydrogen-bond acceptors (Lipinski definition) is 5. The summed E-state index contributed by atoms with van der Waals surface area (Å²) in [6.45, 7) is 3.53. The van der Waals surface area contributed by atoms with E-state index in [0.717, 1.165) is 31.5 Å². The quantitative estimate of drug-likeness (QED) is 0.448. The predicted octanol–water partition coefficient (Wildman–Crippen LogP) is 5.35. The molecule has 3 aromatic rings. The van der Waals surface area contributed by atoms with Gasteiger partial charge in [0.25, 0.3) is 0 Å². The van der Waals surface area contributed by atoms with Gasteiger partial charge in [0.2, 0.25) is 5.91 Å². The van der Waals surface area contributed by atoms with E-state index in [4.69, 9.17) is 27.9 Å². The molecule has 162 valence electrons. The molecule has 6 nitrogen and oxygen atoms in total. The minimum absolute atomic E-state index is 0.111. The number of carbonyl (C=O) groups excluding carboxylic acids is 1. The van der Waals surface area contributed by atoms with Gasteiger partial charge in [-0.1, -0.05) is 47.1 Å². The first-order valence-corrected chi connectivity index (χ1v) is 11.6. The summed E-state index contributed by atoms with van der Waals surface area (Å²) in [6.07, 6.45) is 2.11. The lowest BCUT2D eigenvalue weighted by Gasteiger charge is -2.20. The smallest absolute Gasteiger partial charge is 0.235 e. The van der Waals surface area contributed by atoms with Crippen molar-refractivity contribution in [2.45, 2.75) is 30.2 Å². The van der Waals surface area contributed by atoms with Gasteiger partial charge in [-0.25, -0.2) is 0 Å². The van der Waals surface area contributed by atoms with Crippen LogP contribution < -0.4 is 4.74 Å². The second-order valence-corrected chi connectivity index (χ2v) is 9.44. The van der Waals surface area contributed by atoms with Crippen molar-refractivity contribution in [3.05, 3.63) is 52.5 Å². The third-order valence-electron chi connectivity index (χ3n) is 5.15. The number of methoxy groups -OCH3 is 1. The average molecular weight is 477 g/mol. The van der Waals surface area contributed by atoms with Gasteiger partial charge in [0.1, 0.15) is 5.75 Å². The minimum Gasteiger partial charge on any atom is -0.495 e. The molecule has 0 bridgehead atoms. The third-order valence-corrected chi connectivity index (χ3v) is 6.65. The van der Waals surface area contributed by atoms with Crippen LogP contribution in [0.5, 0.6) is 5.75 Å². The van der Waals surface area contributed by atoms with Crippen LogP contribution in [0.2, 0.25) is 10.0 Å². The number of amides is 1. The number of likely N-dealkylation sites (tertiary alicyclic amines) is 1. The van der Waals surface area contributed by atoms with Gasteiger partial charge in [-0.05, 0) is 50.1 Å². The molecule has 31 heavy (non-hydrogen) atoms. The average Bonchev–Trinajstić information content (AvgIpc) is 3.43. The van der Waals surface area contributed by atoms with Crippen molar-refractivity contribution < 1.29 is 9.53 Å². The summed E-state index contributed by atoms with van der Waals surface area (Å²) in [6, 6.07) is 12.8. The van der Waals surface area contributed by atoms with Crippen molar-refractivity contribution in [1.29, 1.82) is 0 Å². The molecule has 9 heteroatoms. The van der Waals surface area contributed by atoms with Crippen LogP contribution in [-0.2, 0) is 4.79 Å². The Hall–Kier alpha value is -2.22. The zero-order valence-electron chi connectivity index (χ0n) is 17.2. The van der Waals surface area contributed by atoms with Gasteiger partial charge in [0, 0.05) is 28.7 Å². The zero-order valence-corrected chi connectivity index (χ0v) is 19.5. The largest absolute Gasteiger partial charge is 0.495 e. The SMILES string of the molecule is COc1ccc(Cl)cc1-n1c(SC(C)C(=O)N2CCCC2)nnc1-c1cccc(Cl)c1. The van der Waals surface area contributed by atoms with Crippen molar-refractivity contribution in [3.63, 3.8) is 0 Å². The van der Waals surface area contributed by atoms with Crippen LogP contribution in [-0.4, -0.2) is 51.0 Å². The van der Waals surface area contributed by atoms with Gasteiger partial charge >= 0.3 is 0 Å². The Morgan fingerprint density at radius 3 is 2.55 bits per heavy atom. The molecular weight excluding hydrogens is 455 g/mol. The molecule has 0 radical (unpaired) electrons. The summed E-state index contributed by atoms with van der Waals surface area (Å²) < 4.78 is 7.45. The van der Waals surface area contributed by atoms with E-state index in [1.165, 1.54) is 11.8 Å². The molecule has 0 N–H and O–H groups in total. The summed E-state index contributed by atoms with van der Waals surface area (Å²) in [7, 11) is 1.60. The fourth-order valence-corrected chi connectivity index (χ4v) is 4.92. The van der Waals surface area contributed by atoms with Crippen molar-refractivity contribution >= 4 is 40.9 Å². The van der Waals surface area contributed by atoms with Gasteiger partial charge in [-0.3, -0.25) is 9.36 Å². The molecule has 0 saturated carbocycles. The Morgan fingerprint density at radius 1 is 1.10 bits per heavy atom. The fraction of sp³-hybridized carbons (Fsp3) is 0.318. The molecule has 1 atom stereocenters. The molecule has 1 amide bonds. The topological polar surface area (TPSA) is 60.2 Å². The summed E-state index contributed by atoms with van der Waals surface area (Å²) in [4.78, 5) is 14.8. The van der Waals surface area contributed by atoms with Crippen LogP contribution in [0.25, 0.3) is 17.1 Å². The number of benzene rings is 2. The number of thioether (sulfide) groups is 1. The normalized spacial score (nSPS) is 14.6. The van der Waals surface area contributed by atoms with Crippen LogP contribution in [0, 0.1) is 0 Å². The number of rotatable bonds is 6. The minimum atomic E-state index is -0.307. The van der Waals surface area contributed by atoms with Crippen molar-refractivity contribution in [2.24, 2.45) is 0 Å². The molecule has 1 saturated heterocycles. The zero-order chi connectivity index (χ0) is 22.0. The summed E-state index contributed by atoms with van der Waals surface area (Å²) >= 11 is 13.9. The Labute approximate surface area is 195 Å². The Bertz CT molecular complexity index is 1100. The first-order valence-electron chi connectivity index (χ1n) is 9.98. The molecule has 2 aromatic carbocycles. The number of aromatic nitrogens is 3. The maximum absolute atomic E-state index is 12.9. The number of carbonyl (C=O) groups is 1. The molecule has 1 aromatic heterocycles. The number of hydrogen-bond donors (Lipinski definition) is 0. The molecule has 4 rings (SSSR count). The van der Waals surface area contributed by atoms with Crippen LogP contribution in [0.1, 0.15) is 19.8 Å². The lowest BCUT2D eigenvalue weighted by atomic mass is 10.2. The van der Waals surface area contributed by atoms with Crippen LogP contribution >= 0.6 is 35.0 Å². The maximum atomic E-state index is 12.9. The predicted molar refractivity (Wildman–Crippen MR) is 125 cm³/mol. The van der Waals surface area contributed by atoms with E-state index in [1.807, 2.05) is 34.6 Å². The number of halogens is 2. The van der Waals surface area contributed by atoms with Gasteiger partial charge < -0.3 is 9.64 Å². The molecule has 1 fully saturated rings. The second kappa shape index (κ2) is 9.51. The highest BCUT2D eigenvalue weighted by molar-refractivity contribution is 8.00. The van der Waals surface area contributed by atoms with Crippen LogP contribution in [0.4, 0.5) is 0 Å². The fourth-order valence-electron chi connectivity index (χ4n) is 3.62. The van der Waals surface area contributed by atoms with Crippen molar-refractivity contribution in [1.82, 2.24) is 19.7 Å². The monoisotopic (exact) mass is 476 g/mol. The number of ether oxygens (including phenoxy) is 1. The molecule has 0 aliphatic carbocycles. The number of nitrogens with zero attached hydrogens (tertiary/aromatic N) is 4. The molecule has 1 aliphatic heterocycles. The van der Waals surface area contributed by atoms with E-state index in [-0.39, 0.29) is 11.2 Å². The highest BCUT2D eigenvalue weighted by atomic mass is 35.5.